The lowest BCUT2D eigenvalue weighted by Gasteiger charge is -2.19. The number of benzene rings is 2. The Morgan fingerprint density at radius 2 is 1.69 bits per heavy atom. The number of hydrogen-bond donors (Lipinski definition) is 2. The van der Waals surface area contributed by atoms with Gasteiger partial charge >= 0.3 is 5.97 Å². The highest BCUT2D eigenvalue weighted by atomic mass is 35.5. The highest BCUT2D eigenvalue weighted by molar-refractivity contribution is 5.85. The maximum Gasteiger partial charge on any atom is 0.305 e. The number of anilines is 1. The predicted octanol–water partition coefficient (Wildman–Crippen LogP) is 3.43. The number of esters is 1. The Bertz CT molecular complexity index is 707. The number of hydrogen-bond acceptors (Lipinski definition) is 4. The third kappa shape index (κ3) is 6.76. The quantitative estimate of drug-likeness (QED) is 0.546. The number of carbonyl (C=O) groups is 2. The van der Waals surface area contributed by atoms with Gasteiger partial charge in [-0.05, 0) is 30.0 Å². The predicted molar refractivity (Wildman–Crippen MR) is 105 cm³/mol. The van der Waals surface area contributed by atoms with E-state index < -0.39 is 0 Å². The van der Waals surface area contributed by atoms with E-state index in [1.54, 1.807) is 0 Å². The summed E-state index contributed by atoms with van der Waals surface area (Å²) in [5.74, 6) is -0.353. The molecule has 0 spiro atoms. The van der Waals surface area contributed by atoms with E-state index in [0.29, 0.717) is 24.9 Å². The minimum absolute atomic E-state index is 0. The molecule has 1 amide bonds. The van der Waals surface area contributed by atoms with Crippen molar-refractivity contribution in [3.8, 4) is 0 Å². The van der Waals surface area contributed by atoms with Gasteiger partial charge in [-0.1, -0.05) is 48.5 Å². The Kier molecular flexibility index (Phi) is 9.23. The summed E-state index contributed by atoms with van der Waals surface area (Å²) in [5.41, 5.74) is 8.54. The Labute approximate surface area is 160 Å². The molecule has 0 aliphatic heterocycles. The van der Waals surface area contributed by atoms with Crippen LogP contribution in [0.5, 0.6) is 0 Å². The summed E-state index contributed by atoms with van der Waals surface area (Å²) in [6, 6.07) is 16.9. The lowest BCUT2D eigenvalue weighted by atomic mass is 10.0. The maximum atomic E-state index is 12.4. The van der Waals surface area contributed by atoms with Gasteiger partial charge in [-0.3, -0.25) is 9.59 Å². The lowest BCUT2D eigenvalue weighted by Crippen LogP contribution is -2.29. The number of nitrogens with one attached hydrogen (secondary N) is 1. The number of methoxy groups -OCH3 is 1. The van der Waals surface area contributed by atoms with E-state index in [1.165, 1.54) is 7.11 Å². The van der Waals surface area contributed by atoms with Crippen molar-refractivity contribution in [2.75, 3.05) is 12.8 Å². The van der Waals surface area contributed by atoms with Crippen molar-refractivity contribution >= 4 is 30.0 Å². The summed E-state index contributed by atoms with van der Waals surface area (Å²) in [6.45, 7) is 0. The van der Waals surface area contributed by atoms with Crippen LogP contribution in [0.2, 0.25) is 0 Å². The molecule has 0 aliphatic carbocycles. The van der Waals surface area contributed by atoms with Crippen LogP contribution in [0.1, 0.15) is 36.4 Å². The fraction of sp³-hybridized carbons (Fsp3) is 0.300. The highest BCUT2D eigenvalue weighted by Crippen LogP contribution is 2.19. The lowest BCUT2D eigenvalue weighted by molar-refractivity contribution is -0.141. The summed E-state index contributed by atoms with van der Waals surface area (Å²) in [5, 5.41) is 3.01. The van der Waals surface area contributed by atoms with E-state index in [0.717, 1.165) is 11.1 Å². The minimum atomic E-state index is -0.285. The van der Waals surface area contributed by atoms with Gasteiger partial charge in [0.2, 0.25) is 5.91 Å². The van der Waals surface area contributed by atoms with Crippen molar-refractivity contribution in [3.63, 3.8) is 0 Å². The molecule has 1 atom stereocenters. The first-order valence-corrected chi connectivity index (χ1v) is 8.34. The molecule has 0 fully saturated rings. The summed E-state index contributed by atoms with van der Waals surface area (Å²) in [4.78, 5) is 23.8. The largest absolute Gasteiger partial charge is 0.469 e. The van der Waals surface area contributed by atoms with E-state index in [2.05, 4.69) is 5.32 Å². The molecule has 0 aromatic heterocycles. The minimum Gasteiger partial charge on any atom is -0.469 e. The van der Waals surface area contributed by atoms with Crippen LogP contribution in [0.25, 0.3) is 0 Å². The number of nitrogens with two attached hydrogens (primary N) is 1. The van der Waals surface area contributed by atoms with Gasteiger partial charge in [-0.2, -0.15) is 0 Å². The highest BCUT2D eigenvalue weighted by Gasteiger charge is 2.16. The van der Waals surface area contributed by atoms with E-state index in [-0.39, 0.29) is 36.7 Å². The molecule has 0 aliphatic rings. The van der Waals surface area contributed by atoms with Gasteiger partial charge in [-0.15, -0.1) is 12.4 Å². The number of ether oxygens (including phenoxy) is 1. The third-order valence-corrected chi connectivity index (χ3v) is 4.08. The van der Waals surface area contributed by atoms with E-state index in [4.69, 9.17) is 10.5 Å². The van der Waals surface area contributed by atoms with Gasteiger partial charge in [0.25, 0.3) is 0 Å². The second kappa shape index (κ2) is 11.2. The molecule has 0 bridgehead atoms. The van der Waals surface area contributed by atoms with Crippen LogP contribution in [-0.2, 0) is 20.7 Å². The molecule has 6 heteroatoms. The van der Waals surface area contributed by atoms with Crippen molar-refractivity contribution in [1.82, 2.24) is 5.32 Å². The molecule has 3 N–H and O–H groups in total. The number of nitrogen functional groups attached to an aromatic ring is 1. The Morgan fingerprint density at radius 1 is 1.04 bits per heavy atom. The van der Waals surface area contributed by atoms with Gasteiger partial charge in [-0.25, -0.2) is 0 Å². The fourth-order valence-corrected chi connectivity index (χ4v) is 2.65. The molecule has 2 aromatic carbocycles. The van der Waals surface area contributed by atoms with Crippen LogP contribution in [0, 0.1) is 0 Å². The first-order valence-electron chi connectivity index (χ1n) is 8.34. The van der Waals surface area contributed by atoms with Crippen LogP contribution < -0.4 is 11.1 Å². The van der Waals surface area contributed by atoms with E-state index in [1.807, 2.05) is 54.6 Å². The van der Waals surface area contributed by atoms with Crippen LogP contribution in [0.15, 0.2) is 54.6 Å². The second-order valence-corrected chi connectivity index (χ2v) is 5.84. The van der Waals surface area contributed by atoms with E-state index >= 15 is 0 Å². The molecule has 0 radical (unpaired) electrons. The molecule has 1 unspecified atom stereocenters. The average molecular weight is 377 g/mol. The zero-order valence-corrected chi connectivity index (χ0v) is 15.6. The molecule has 26 heavy (non-hydrogen) atoms. The van der Waals surface area contributed by atoms with Crippen LogP contribution >= 0.6 is 12.4 Å². The van der Waals surface area contributed by atoms with Gasteiger partial charge < -0.3 is 15.8 Å². The topological polar surface area (TPSA) is 81.4 Å². The standard InChI is InChI=1S/C20H24N2O3.ClH/c1-25-20(24)14-12-18(16-8-3-2-4-9-16)22-19(23)13-11-15-7-5-6-10-17(15)21;/h2-10,18H,11-14,21H2,1H3,(H,22,23);1H. The molecule has 2 aromatic rings. The molecular formula is C20H25ClN2O3. The first-order chi connectivity index (χ1) is 12.1. The monoisotopic (exact) mass is 376 g/mol. The molecule has 2 rings (SSSR count). The number of amides is 1. The first kappa shape index (κ1) is 21.5. The Morgan fingerprint density at radius 3 is 2.35 bits per heavy atom. The van der Waals surface area contributed by atoms with Gasteiger partial charge in [0.1, 0.15) is 0 Å². The number of aryl methyl sites for hydroxylation is 1. The van der Waals surface area contributed by atoms with Crippen molar-refractivity contribution in [2.45, 2.75) is 31.7 Å². The molecule has 0 saturated carbocycles. The third-order valence-electron chi connectivity index (χ3n) is 4.08. The van der Waals surface area contributed by atoms with Crippen LogP contribution in [0.3, 0.4) is 0 Å². The summed E-state index contributed by atoms with van der Waals surface area (Å²) < 4.78 is 4.69. The smallest absolute Gasteiger partial charge is 0.305 e. The summed E-state index contributed by atoms with van der Waals surface area (Å²) in [7, 11) is 1.36. The average Bonchev–Trinajstić information content (AvgIpc) is 2.64. The normalized spacial score (nSPS) is 11.1. The number of carbonyl (C=O) groups excluding carboxylic acids is 2. The van der Waals surface area contributed by atoms with Gasteiger partial charge in [0, 0.05) is 18.5 Å². The summed E-state index contributed by atoms with van der Waals surface area (Å²) in [6.07, 6.45) is 1.67. The SMILES string of the molecule is COC(=O)CCC(NC(=O)CCc1ccccc1N)c1ccccc1.Cl. The van der Waals surface area contributed by atoms with Crippen molar-refractivity contribution in [3.05, 3.63) is 65.7 Å². The maximum absolute atomic E-state index is 12.4. The van der Waals surface area contributed by atoms with Gasteiger partial charge in [0.05, 0.1) is 13.2 Å². The second-order valence-electron chi connectivity index (χ2n) is 5.84. The number of halogens is 1. The summed E-state index contributed by atoms with van der Waals surface area (Å²) >= 11 is 0. The zero-order chi connectivity index (χ0) is 18.1. The van der Waals surface area contributed by atoms with Gasteiger partial charge in [0.15, 0.2) is 0 Å². The molecule has 0 saturated heterocycles. The van der Waals surface area contributed by atoms with Crippen molar-refractivity contribution in [2.24, 2.45) is 0 Å². The number of para-hydroxylation sites is 1. The van der Waals surface area contributed by atoms with Crippen LogP contribution in [0.4, 0.5) is 5.69 Å². The zero-order valence-electron chi connectivity index (χ0n) is 14.8. The Balaban J connectivity index is 0.00000338. The van der Waals surface area contributed by atoms with Crippen molar-refractivity contribution in [1.29, 1.82) is 0 Å². The van der Waals surface area contributed by atoms with E-state index in [9.17, 15) is 9.59 Å². The van der Waals surface area contributed by atoms with Crippen molar-refractivity contribution < 1.29 is 14.3 Å². The van der Waals surface area contributed by atoms with Crippen LogP contribution in [-0.4, -0.2) is 19.0 Å². The molecule has 0 heterocycles. The molecule has 140 valence electrons. The Hall–Kier alpha value is -2.53. The molecule has 5 nitrogen and oxygen atoms in total. The molecular weight excluding hydrogens is 352 g/mol. The number of rotatable bonds is 8. The fourth-order valence-electron chi connectivity index (χ4n) is 2.65.